The molecule has 120 valence electrons. The maximum absolute atomic E-state index is 11.2. The minimum absolute atomic E-state index is 0.0513. The zero-order valence-electron chi connectivity index (χ0n) is 12.9. The average molecular weight is 320 g/mol. The van der Waals surface area contributed by atoms with Crippen LogP contribution in [-0.2, 0) is 12.8 Å². The topological polar surface area (TPSA) is 81.0 Å². The van der Waals surface area contributed by atoms with E-state index in [4.69, 9.17) is 0 Å². The molecule has 0 bridgehead atoms. The van der Waals surface area contributed by atoms with Gasteiger partial charge in [-0.15, -0.1) is 0 Å². The SMILES string of the molecule is O=[N+]([O-])c1cnc(Nc2ccccc2)nc1CCc1ccccc1. The fourth-order valence-electron chi connectivity index (χ4n) is 2.37. The number of anilines is 2. The van der Waals surface area contributed by atoms with Gasteiger partial charge < -0.3 is 5.32 Å². The van der Waals surface area contributed by atoms with Crippen molar-refractivity contribution in [2.24, 2.45) is 0 Å². The maximum Gasteiger partial charge on any atom is 0.309 e. The van der Waals surface area contributed by atoms with Crippen molar-refractivity contribution in [3.05, 3.63) is 88.2 Å². The van der Waals surface area contributed by atoms with Crippen molar-refractivity contribution < 1.29 is 4.92 Å². The molecular formula is C18H16N4O2. The largest absolute Gasteiger partial charge is 0.324 e. The molecule has 24 heavy (non-hydrogen) atoms. The Labute approximate surface area is 139 Å². The summed E-state index contributed by atoms with van der Waals surface area (Å²) < 4.78 is 0. The highest BCUT2D eigenvalue weighted by molar-refractivity contribution is 5.53. The van der Waals surface area contributed by atoms with Crippen molar-refractivity contribution in [3.8, 4) is 0 Å². The zero-order valence-corrected chi connectivity index (χ0v) is 12.9. The van der Waals surface area contributed by atoms with Crippen molar-refractivity contribution in [1.29, 1.82) is 0 Å². The van der Waals surface area contributed by atoms with E-state index < -0.39 is 4.92 Å². The van der Waals surface area contributed by atoms with Crippen molar-refractivity contribution in [2.75, 3.05) is 5.32 Å². The molecule has 6 heteroatoms. The molecule has 0 saturated carbocycles. The molecule has 0 spiro atoms. The molecule has 0 amide bonds. The number of hydrogen-bond acceptors (Lipinski definition) is 5. The standard InChI is InChI=1S/C18H16N4O2/c23-22(24)17-13-19-18(20-15-9-5-2-6-10-15)21-16(17)12-11-14-7-3-1-4-8-14/h1-10,13H,11-12H2,(H,19,20,21). The molecule has 1 heterocycles. The third-order valence-electron chi connectivity index (χ3n) is 3.57. The number of nitrogens with one attached hydrogen (secondary N) is 1. The van der Waals surface area contributed by atoms with Gasteiger partial charge in [-0.2, -0.15) is 0 Å². The van der Waals surface area contributed by atoms with Crippen LogP contribution < -0.4 is 5.32 Å². The van der Waals surface area contributed by atoms with Gasteiger partial charge in [0.25, 0.3) is 0 Å². The van der Waals surface area contributed by atoms with Gasteiger partial charge in [-0.25, -0.2) is 9.97 Å². The predicted molar refractivity (Wildman–Crippen MR) is 92.3 cm³/mol. The number of nitrogens with zero attached hydrogens (tertiary/aromatic N) is 3. The van der Waals surface area contributed by atoms with Crippen LogP contribution in [0.15, 0.2) is 66.9 Å². The Morgan fingerprint density at radius 1 is 0.958 bits per heavy atom. The van der Waals surface area contributed by atoms with Crippen LogP contribution in [0.3, 0.4) is 0 Å². The summed E-state index contributed by atoms with van der Waals surface area (Å²) in [6.07, 6.45) is 2.42. The highest BCUT2D eigenvalue weighted by Crippen LogP contribution is 2.20. The van der Waals surface area contributed by atoms with E-state index in [2.05, 4.69) is 15.3 Å². The lowest BCUT2D eigenvalue weighted by molar-refractivity contribution is -0.386. The molecule has 3 aromatic rings. The van der Waals surface area contributed by atoms with Crippen LogP contribution in [0.2, 0.25) is 0 Å². The van der Waals surface area contributed by atoms with Gasteiger partial charge in [0, 0.05) is 12.1 Å². The van der Waals surface area contributed by atoms with Gasteiger partial charge >= 0.3 is 5.69 Å². The Hall–Kier alpha value is -3.28. The summed E-state index contributed by atoms with van der Waals surface area (Å²) in [5, 5.41) is 14.3. The third kappa shape index (κ3) is 3.92. The van der Waals surface area contributed by atoms with Gasteiger partial charge in [0.05, 0.1) is 4.92 Å². The van der Waals surface area contributed by atoms with E-state index in [1.165, 1.54) is 6.20 Å². The van der Waals surface area contributed by atoms with Crippen molar-refractivity contribution in [3.63, 3.8) is 0 Å². The Morgan fingerprint density at radius 2 is 1.62 bits per heavy atom. The Morgan fingerprint density at radius 3 is 2.29 bits per heavy atom. The molecule has 0 aliphatic rings. The summed E-state index contributed by atoms with van der Waals surface area (Å²) in [4.78, 5) is 19.2. The smallest absolute Gasteiger partial charge is 0.309 e. The lowest BCUT2D eigenvalue weighted by Crippen LogP contribution is -2.05. The normalized spacial score (nSPS) is 10.3. The summed E-state index contributed by atoms with van der Waals surface area (Å²) >= 11 is 0. The molecule has 0 fully saturated rings. The van der Waals surface area contributed by atoms with Crippen LogP contribution in [-0.4, -0.2) is 14.9 Å². The maximum atomic E-state index is 11.2. The first kappa shape index (κ1) is 15.6. The number of aryl methyl sites for hydroxylation is 2. The summed E-state index contributed by atoms with van der Waals surface area (Å²) in [7, 11) is 0. The highest BCUT2D eigenvalue weighted by Gasteiger charge is 2.17. The van der Waals surface area contributed by atoms with Gasteiger partial charge in [-0.3, -0.25) is 10.1 Å². The first-order chi connectivity index (χ1) is 11.7. The molecule has 6 nitrogen and oxygen atoms in total. The second-order valence-corrected chi connectivity index (χ2v) is 5.26. The molecule has 0 radical (unpaired) electrons. The van der Waals surface area contributed by atoms with Gasteiger partial charge in [0.2, 0.25) is 5.95 Å². The molecule has 1 N–H and O–H groups in total. The predicted octanol–water partition coefficient (Wildman–Crippen LogP) is 3.91. The molecule has 0 atom stereocenters. The van der Waals surface area contributed by atoms with E-state index in [0.29, 0.717) is 24.5 Å². The fourth-order valence-corrected chi connectivity index (χ4v) is 2.37. The summed E-state index contributed by atoms with van der Waals surface area (Å²) in [5.74, 6) is 0.356. The van der Waals surface area contributed by atoms with Crippen LogP contribution in [0.5, 0.6) is 0 Å². The first-order valence-corrected chi connectivity index (χ1v) is 7.58. The molecule has 0 saturated heterocycles. The molecule has 0 aliphatic heterocycles. The van der Waals surface area contributed by atoms with Crippen LogP contribution >= 0.6 is 0 Å². The van der Waals surface area contributed by atoms with Gasteiger partial charge in [-0.1, -0.05) is 48.5 Å². The number of rotatable bonds is 6. The van der Waals surface area contributed by atoms with E-state index in [1.54, 1.807) is 0 Å². The molecule has 1 aromatic heterocycles. The van der Waals surface area contributed by atoms with Crippen LogP contribution in [0, 0.1) is 10.1 Å². The van der Waals surface area contributed by atoms with Crippen LogP contribution in [0.25, 0.3) is 0 Å². The lowest BCUT2D eigenvalue weighted by Gasteiger charge is -2.07. The second kappa shape index (κ2) is 7.32. The Bertz CT molecular complexity index is 823. The Kier molecular flexibility index (Phi) is 4.76. The quantitative estimate of drug-likeness (QED) is 0.550. The number of benzene rings is 2. The first-order valence-electron chi connectivity index (χ1n) is 7.58. The number of aromatic nitrogens is 2. The fraction of sp³-hybridized carbons (Fsp3) is 0.111. The summed E-state index contributed by atoms with van der Waals surface area (Å²) in [6.45, 7) is 0. The highest BCUT2D eigenvalue weighted by atomic mass is 16.6. The van der Waals surface area contributed by atoms with E-state index in [1.807, 2.05) is 60.7 Å². The molecule has 2 aromatic carbocycles. The van der Waals surface area contributed by atoms with Crippen LogP contribution in [0.1, 0.15) is 11.3 Å². The minimum Gasteiger partial charge on any atom is -0.324 e. The number of nitro groups is 1. The van der Waals surface area contributed by atoms with Crippen molar-refractivity contribution >= 4 is 17.3 Å². The van der Waals surface area contributed by atoms with Gasteiger partial charge in [-0.05, 0) is 24.1 Å². The lowest BCUT2D eigenvalue weighted by atomic mass is 10.1. The van der Waals surface area contributed by atoms with Crippen molar-refractivity contribution in [2.45, 2.75) is 12.8 Å². The molecular weight excluding hydrogens is 304 g/mol. The van der Waals surface area contributed by atoms with E-state index in [0.717, 1.165) is 11.3 Å². The summed E-state index contributed by atoms with van der Waals surface area (Å²) in [5.41, 5.74) is 2.32. The molecule has 3 rings (SSSR count). The zero-order chi connectivity index (χ0) is 16.8. The number of para-hydroxylation sites is 1. The molecule has 0 aliphatic carbocycles. The summed E-state index contributed by atoms with van der Waals surface area (Å²) in [6, 6.07) is 19.3. The second-order valence-electron chi connectivity index (χ2n) is 5.26. The van der Waals surface area contributed by atoms with E-state index in [9.17, 15) is 10.1 Å². The van der Waals surface area contributed by atoms with Gasteiger partial charge in [0.15, 0.2) is 0 Å². The average Bonchev–Trinajstić information content (AvgIpc) is 2.61. The Balaban J connectivity index is 1.82. The third-order valence-corrected chi connectivity index (χ3v) is 3.57. The molecule has 0 unspecified atom stereocenters. The minimum atomic E-state index is -0.438. The van der Waals surface area contributed by atoms with Crippen molar-refractivity contribution in [1.82, 2.24) is 9.97 Å². The van der Waals surface area contributed by atoms with E-state index in [-0.39, 0.29) is 5.69 Å². The van der Waals surface area contributed by atoms with Gasteiger partial charge in [0.1, 0.15) is 11.9 Å². The monoisotopic (exact) mass is 320 g/mol. The van der Waals surface area contributed by atoms with E-state index >= 15 is 0 Å². The van der Waals surface area contributed by atoms with Crippen LogP contribution in [0.4, 0.5) is 17.3 Å². The number of hydrogen-bond donors (Lipinski definition) is 1.